The maximum Gasteiger partial charge on any atom is 0.259 e. The molecule has 1 N–H and O–H groups in total. The predicted molar refractivity (Wildman–Crippen MR) is 95.2 cm³/mol. The molecule has 0 fully saturated rings. The molecule has 130 valence electrons. The first-order valence-electron chi connectivity index (χ1n) is 8.19. The van der Waals surface area contributed by atoms with Gasteiger partial charge in [0.05, 0.1) is 40.4 Å². The molecule has 26 heavy (non-hydrogen) atoms. The van der Waals surface area contributed by atoms with Crippen molar-refractivity contribution in [3.05, 3.63) is 59.8 Å². The Kier molecular flexibility index (Phi) is 3.92. The van der Waals surface area contributed by atoms with E-state index in [1.807, 2.05) is 32.0 Å². The molecule has 0 radical (unpaired) electrons. The number of aromatic nitrogens is 5. The molecule has 4 rings (SSSR count). The number of rotatable bonds is 4. The van der Waals surface area contributed by atoms with Crippen LogP contribution in [0.1, 0.15) is 28.7 Å². The minimum atomic E-state index is -0.251. The summed E-state index contributed by atoms with van der Waals surface area (Å²) in [5.74, 6) is 0.422. The normalized spacial score (nSPS) is 11.0. The van der Waals surface area contributed by atoms with Crippen LogP contribution in [0.2, 0.25) is 0 Å². The summed E-state index contributed by atoms with van der Waals surface area (Å²) in [4.78, 5) is 21.2. The quantitative estimate of drug-likeness (QED) is 0.609. The molecule has 0 aliphatic heterocycles. The van der Waals surface area contributed by atoms with Gasteiger partial charge < -0.3 is 9.84 Å². The molecule has 0 aliphatic rings. The van der Waals surface area contributed by atoms with Crippen molar-refractivity contribution in [1.82, 2.24) is 24.9 Å². The van der Waals surface area contributed by atoms with Crippen LogP contribution in [-0.4, -0.2) is 30.8 Å². The molecular weight excluding hydrogens is 332 g/mol. The topological polar surface area (TPSA) is 98.7 Å². The third-order valence-electron chi connectivity index (χ3n) is 4.08. The van der Waals surface area contributed by atoms with Crippen LogP contribution < -0.4 is 5.32 Å². The van der Waals surface area contributed by atoms with Crippen LogP contribution in [0, 0.1) is 6.92 Å². The van der Waals surface area contributed by atoms with E-state index in [1.54, 1.807) is 29.3 Å². The monoisotopic (exact) mass is 348 g/mol. The maximum absolute atomic E-state index is 12.7. The molecule has 0 aliphatic carbocycles. The smallest absolute Gasteiger partial charge is 0.259 e. The first kappa shape index (κ1) is 15.9. The first-order chi connectivity index (χ1) is 12.7. The van der Waals surface area contributed by atoms with E-state index in [0.717, 1.165) is 16.8 Å². The van der Waals surface area contributed by atoms with E-state index in [4.69, 9.17) is 4.52 Å². The molecule has 1 amide bonds. The number of nitrogens with zero attached hydrogens (tertiary/aromatic N) is 5. The Morgan fingerprint density at radius 3 is 2.92 bits per heavy atom. The Labute approximate surface area is 148 Å². The summed E-state index contributed by atoms with van der Waals surface area (Å²) in [5, 5.41) is 11.8. The molecule has 4 aromatic heterocycles. The number of fused-ring (bicyclic) bond motifs is 1. The van der Waals surface area contributed by atoms with Crippen molar-refractivity contribution >= 4 is 22.7 Å². The molecule has 4 aromatic rings. The van der Waals surface area contributed by atoms with Crippen LogP contribution in [0.25, 0.3) is 16.9 Å². The van der Waals surface area contributed by atoms with Gasteiger partial charge in [0, 0.05) is 6.20 Å². The third-order valence-corrected chi connectivity index (χ3v) is 4.08. The second kappa shape index (κ2) is 6.40. The van der Waals surface area contributed by atoms with Crippen LogP contribution in [0.3, 0.4) is 0 Å². The minimum absolute atomic E-state index is 0.251. The predicted octanol–water partition coefficient (Wildman–Crippen LogP) is 2.93. The number of carbonyl (C=O) groups is 1. The van der Waals surface area contributed by atoms with Crippen molar-refractivity contribution in [2.45, 2.75) is 20.3 Å². The molecular formula is C18H16N6O2. The molecule has 0 atom stereocenters. The molecule has 0 spiro atoms. The second-order valence-corrected chi connectivity index (χ2v) is 5.76. The largest absolute Gasteiger partial charge is 0.336 e. The first-order valence-corrected chi connectivity index (χ1v) is 8.19. The van der Waals surface area contributed by atoms with Crippen LogP contribution in [0.5, 0.6) is 0 Å². The highest BCUT2D eigenvalue weighted by Gasteiger charge is 2.18. The number of aryl methyl sites for hydroxylation is 1. The van der Waals surface area contributed by atoms with E-state index in [9.17, 15) is 4.79 Å². The van der Waals surface area contributed by atoms with Crippen LogP contribution in [0.4, 0.5) is 5.69 Å². The molecule has 4 heterocycles. The highest BCUT2D eigenvalue weighted by atomic mass is 16.5. The molecule has 0 bridgehead atoms. The Bertz CT molecular complexity index is 1080. The molecule has 8 nitrogen and oxygen atoms in total. The number of nitrogens with one attached hydrogen (secondary N) is 1. The van der Waals surface area contributed by atoms with Gasteiger partial charge in [-0.2, -0.15) is 5.10 Å². The summed E-state index contributed by atoms with van der Waals surface area (Å²) in [5.41, 5.74) is 3.02. The number of anilines is 1. The summed E-state index contributed by atoms with van der Waals surface area (Å²) in [6.45, 7) is 3.80. The fraction of sp³-hybridized carbons (Fsp3) is 0.167. The lowest BCUT2D eigenvalue weighted by molar-refractivity contribution is 0.102. The van der Waals surface area contributed by atoms with Gasteiger partial charge in [-0.05, 0) is 31.5 Å². The summed E-state index contributed by atoms with van der Waals surface area (Å²) in [6.07, 6.45) is 5.43. The molecule has 0 aromatic carbocycles. The van der Waals surface area contributed by atoms with E-state index < -0.39 is 0 Å². The van der Waals surface area contributed by atoms with E-state index in [-0.39, 0.29) is 5.91 Å². The van der Waals surface area contributed by atoms with Crippen LogP contribution >= 0.6 is 0 Å². The number of hydrogen-bond donors (Lipinski definition) is 1. The zero-order chi connectivity index (χ0) is 18.1. The van der Waals surface area contributed by atoms with Gasteiger partial charge in [0.15, 0.2) is 5.82 Å². The van der Waals surface area contributed by atoms with Crippen LogP contribution in [0.15, 0.2) is 47.4 Å². The zero-order valence-electron chi connectivity index (χ0n) is 14.3. The fourth-order valence-corrected chi connectivity index (χ4v) is 2.79. The lowest BCUT2D eigenvalue weighted by Gasteiger charge is -2.07. The van der Waals surface area contributed by atoms with Crippen molar-refractivity contribution in [1.29, 1.82) is 0 Å². The van der Waals surface area contributed by atoms with Gasteiger partial charge in [-0.1, -0.05) is 18.1 Å². The SMILES string of the molecule is CCc1c(C(=O)Nc2cnc3onc(C)c3c2)cnn1-c1ccccn1. The zero-order valence-corrected chi connectivity index (χ0v) is 14.3. The number of carbonyl (C=O) groups excluding carboxylic acids is 1. The summed E-state index contributed by atoms with van der Waals surface area (Å²) in [7, 11) is 0. The van der Waals surface area contributed by atoms with Crippen molar-refractivity contribution in [2.75, 3.05) is 5.32 Å². The Morgan fingerprint density at radius 2 is 2.15 bits per heavy atom. The maximum atomic E-state index is 12.7. The van der Waals surface area contributed by atoms with Crippen molar-refractivity contribution < 1.29 is 9.32 Å². The second-order valence-electron chi connectivity index (χ2n) is 5.76. The highest BCUT2D eigenvalue weighted by Crippen LogP contribution is 2.21. The lowest BCUT2D eigenvalue weighted by Crippen LogP contribution is -2.14. The van der Waals surface area contributed by atoms with Gasteiger partial charge in [-0.3, -0.25) is 4.79 Å². The van der Waals surface area contributed by atoms with Crippen molar-refractivity contribution in [3.63, 3.8) is 0 Å². The van der Waals surface area contributed by atoms with Crippen molar-refractivity contribution in [3.8, 4) is 5.82 Å². The average molecular weight is 348 g/mol. The van der Waals surface area contributed by atoms with Crippen LogP contribution in [-0.2, 0) is 6.42 Å². The van der Waals surface area contributed by atoms with Gasteiger partial charge >= 0.3 is 0 Å². The number of pyridine rings is 2. The summed E-state index contributed by atoms with van der Waals surface area (Å²) in [6, 6.07) is 7.36. The third kappa shape index (κ3) is 2.71. The average Bonchev–Trinajstić information content (AvgIpc) is 3.26. The van der Waals surface area contributed by atoms with Gasteiger partial charge in [-0.25, -0.2) is 14.6 Å². The van der Waals surface area contributed by atoms with Gasteiger partial charge in [-0.15, -0.1) is 0 Å². The molecule has 0 unspecified atom stereocenters. The van der Waals surface area contributed by atoms with E-state index in [2.05, 4.69) is 25.5 Å². The van der Waals surface area contributed by atoms with Crippen molar-refractivity contribution in [2.24, 2.45) is 0 Å². The molecule has 0 saturated heterocycles. The van der Waals surface area contributed by atoms with E-state index in [1.165, 1.54) is 0 Å². The molecule has 0 saturated carbocycles. The summed E-state index contributed by atoms with van der Waals surface area (Å²) >= 11 is 0. The molecule has 8 heteroatoms. The standard InChI is InChI=1S/C18H16N6O2/c1-3-15-14(10-21-24(15)16-6-4-5-7-19-16)17(25)22-12-8-13-11(2)23-26-18(13)20-9-12/h4-10H,3H2,1-2H3,(H,22,25). The van der Waals surface area contributed by atoms with E-state index in [0.29, 0.717) is 29.2 Å². The minimum Gasteiger partial charge on any atom is -0.336 e. The Morgan fingerprint density at radius 1 is 1.27 bits per heavy atom. The number of amides is 1. The fourth-order valence-electron chi connectivity index (χ4n) is 2.79. The Balaban J connectivity index is 1.65. The summed E-state index contributed by atoms with van der Waals surface area (Å²) < 4.78 is 6.77. The Hall–Kier alpha value is -3.55. The lowest BCUT2D eigenvalue weighted by atomic mass is 10.2. The number of hydrogen-bond acceptors (Lipinski definition) is 6. The van der Waals surface area contributed by atoms with Gasteiger partial charge in [0.25, 0.3) is 11.6 Å². The van der Waals surface area contributed by atoms with E-state index >= 15 is 0 Å². The van der Waals surface area contributed by atoms with Gasteiger partial charge in [0.2, 0.25) is 0 Å². The van der Waals surface area contributed by atoms with Gasteiger partial charge in [0.1, 0.15) is 0 Å². The highest BCUT2D eigenvalue weighted by molar-refractivity contribution is 6.05.